The Morgan fingerprint density at radius 3 is 2.86 bits per heavy atom. The summed E-state index contributed by atoms with van der Waals surface area (Å²) in [6, 6.07) is 15.7. The molecule has 0 unspecified atom stereocenters. The lowest BCUT2D eigenvalue weighted by Crippen LogP contribution is -2.21. The number of nitrogens with zero attached hydrogens (tertiary/aromatic N) is 1. The number of aromatic nitrogens is 1. The third-order valence-electron chi connectivity index (χ3n) is 6.05. The van der Waals surface area contributed by atoms with Crippen molar-refractivity contribution in [3.8, 4) is 27.6 Å². The maximum Gasteiger partial charge on any atom is 0.262 e. The molecule has 0 aliphatic heterocycles. The van der Waals surface area contributed by atoms with E-state index in [-0.39, 0.29) is 18.3 Å². The number of hydrogen-bond acceptors (Lipinski definition) is 7. The molecule has 0 atom stereocenters. The van der Waals surface area contributed by atoms with Gasteiger partial charge in [-0.3, -0.25) is 10.2 Å². The zero-order valence-electron chi connectivity index (χ0n) is 19.8. The maximum absolute atomic E-state index is 12.6. The quantitative estimate of drug-likeness (QED) is 0.137. The standard InChI is InChI=1S/C27H26N4O2S3/c1-34-27-20(13-23(36-27)25(28)29)26-31-22(15-35-26)17-8-4-9-18(12-17)33-14-24(32)30-21-11-5-7-16-6-2-3-10-19(16)21/h4-5,7-9,11-13,15H,2-3,6,10,14H2,1H3,(H3,28,29)(H,30,32). The molecule has 1 amide bonds. The van der Waals surface area contributed by atoms with Gasteiger partial charge in [-0.1, -0.05) is 24.3 Å². The zero-order chi connectivity index (χ0) is 25.1. The second-order valence-electron chi connectivity index (χ2n) is 8.48. The molecule has 0 saturated carbocycles. The van der Waals surface area contributed by atoms with Gasteiger partial charge >= 0.3 is 0 Å². The first-order valence-corrected chi connectivity index (χ1v) is 14.6. The van der Waals surface area contributed by atoms with Crippen molar-refractivity contribution in [1.82, 2.24) is 4.98 Å². The van der Waals surface area contributed by atoms with Crippen LogP contribution in [-0.4, -0.2) is 29.6 Å². The molecule has 0 spiro atoms. The van der Waals surface area contributed by atoms with E-state index >= 15 is 0 Å². The summed E-state index contributed by atoms with van der Waals surface area (Å²) in [4.78, 5) is 18.2. The first-order valence-electron chi connectivity index (χ1n) is 11.6. The number of aryl methyl sites for hydroxylation is 1. The SMILES string of the molecule is CSc1sc(C(=N)N)cc1-c1nc(-c2cccc(OCC(=O)Nc3cccc4c3CCCC4)c2)cs1. The van der Waals surface area contributed by atoms with Gasteiger partial charge in [-0.15, -0.1) is 34.4 Å². The maximum atomic E-state index is 12.6. The second-order valence-corrected chi connectivity index (χ2v) is 11.5. The number of amides is 1. The minimum atomic E-state index is -0.168. The number of amidine groups is 1. The van der Waals surface area contributed by atoms with Crippen LogP contribution >= 0.6 is 34.4 Å². The van der Waals surface area contributed by atoms with Crippen molar-refractivity contribution >= 4 is 51.9 Å². The molecule has 184 valence electrons. The van der Waals surface area contributed by atoms with E-state index in [0.717, 1.165) is 55.9 Å². The van der Waals surface area contributed by atoms with E-state index < -0.39 is 0 Å². The number of nitrogens with one attached hydrogen (secondary N) is 2. The Kier molecular flexibility index (Phi) is 7.41. The Hall–Kier alpha value is -3.14. The molecule has 1 aliphatic carbocycles. The molecule has 0 fully saturated rings. The van der Waals surface area contributed by atoms with Crippen LogP contribution in [0.15, 0.2) is 58.1 Å². The van der Waals surface area contributed by atoms with Crippen molar-refractivity contribution in [2.75, 3.05) is 18.2 Å². The molecule has 0 radical (unpaired) electrons. The molecular weight excluding hydrogens is 509 g/mol. The predicted octanol–water partition coefficient (Wildman–Crippen LogP) is 6.44. The Balaban J connectivity index is 1.27. The Bertz CT molecular complexity index is 1430. The van der Waals surface area contributed by atoms with E-state index in [0.29, 0.717) is 5.75 Å². The highest BCUT2D eigenvalue weighted by Crippen LogP contribution is 2.40. The molecule has 4 aromatic rings. The fourth-order valence-electron chi connectivity index (χ4n) is 4.32. The molecule has 9 heteroatoms. The Labute approximate surface area is 222 Å². The molecule has 0 saturated heterocycles. The largest absolute Gasteiger partial charge is 0.484 e. The highest BCUT2D eigenvalue weighted by molar-refractivity contribution is 8.00. The number of carbonyl (C=O) groups is 1. The van der Waals surface area contributed by atoms with Gasteiger partial charge in [0.1, 0.15) is 16.6 Å². The molecular formula is C27H26N4O2S3. The van der Waals surface area contributed by atoms with Crippen LogP contribution < -0.4 is 15.8 Å². The molecule has 1 aliphatic rings. The van der Waals surface area contributed by atoms with Gasteiger partial charge in [0, 0.05) is 22.2 Å². The number of thioether (sulfide) groups is 1. The van der Waals surface area contributed by atoms with Crippen molar-refractivity contribution in [1.29, 1.82) is 5.41 Å². The second kappa shape index (κ2) is 10.9. The molecule has 5 rings (SSSR count). The van der Waals surface area contributed by atoms with Crippen LogP contribution in [0.5, 0.6) is 5.75 Å². The summed E-state index contributed by atoms with van der Waals surface area (Å²) in [5, 5.41) is 13.7. The van der Waals surface area contributed by atoms with Gasteiger partial charge in [-0.2, -0.15) is 0 Å². The summed E-state index contributed by atoms with van der Waals surface area (Å²) in [5.74, 6) is 0.518. The van der Waals surface area contributed by atoms with Gasteiger partial charge in [-0.25, -0.2) is 4.98 Å². The number of thiazole rings is 1. The van der Waals surface area contributed by atoms with Gasteiger partial charge in [0.2, 0.25) is 0 Å². The van der Waals surface area contributed by atoms with Crippen molar-refractivity contribution in [2.24, 2.45) is 5.73 Å². The van der Waals surface area contributed by atoms with Crippen LogP contribution in [-0.2, 0) is 17.6 Å². The van der Waals surface area contributed by atoms with Crippen molar-refractivity contribution in [3.05, 3.63) is 69.9 Å². The highest BCUT2D eigenvalue weighted by atomic mass is 32.2. The van der Waals surface area contributed by atoms with Crippen molar-refractivity contribution in [3.63, 3.8) is 0 Å². The summed E-state index contributed by atoms with van der Waals surface area (Å²) >= 11 is 4.69. The molecule has 6 nitrogen and oxygen atoms in total. The van der Waals surface area contributed by atoms with E-state index in [4.69, 9.17) is 20.9 Å². The summed E-state index contributed by atoms with van der Waals surface area (Å²) in [6.07, 6.45) is 6.45. The number of thiophene rings is 1. The summed E-state index contributed by atoms with van der Waals surface area (Å²) in [5.41, 5.74) is 11.9. The van der Waals surface area contributed by atoms with Gasteiger partial charge in [-0.05, 0) is 67.3 Å². The third-order valence-corrected chi connectivity index (χ3v) is 9.23. The smallest absolute Gasteiger partial charge is 0.262 e. The predicted molar refractivity (Wildman–Crippen MR) is 151 cm³/mol. The van der Waals surface area contributed by atoms with Crippen LogP contribution in [0, 0.1) is 5.41 Å². The van der Waals surface area contributed by atoms with Gasteiger partial charge in [0.05, 0.1) is 14.8 Å². The lowest BCUT2D eigenvalue weighted by molar-refractivity contribution is -0.118. The van der Waals surface area contributed by atoms with Crippen LogP contribution in [0.2, 0.25) is 0 Å². The van der Waals surface area contributed by atoms with E-state index in [1.807, 2.05) is 54.1 Å². The van der Waals surface area contributed by atoms with E-state index in [9.17, 15) is 4.79 Å². The number of benzene rings is 2. The van der Waals surface area contributed by atoms with Crippen molar-refractivity contribution < 1.29 is 9.53 Å². The third kappa shape index (κ3) is 5.33. The lowest BCUT2D eigenvalue weighted by atomic mass is 9.90. The molecule has 2 aromatic heterocycles. The minimum absolute atomic E-state index is 0.0603. The van der Waals surface area contributed by atoms with Gasteiger partial charge < -0.3 is 15.8 Å². The number of fused-ring (bicyclic) bond motifs is 1. The van der Waals surface area contributed by atoms with E-state index in [1.165, 1.54) is 28.9 Å². The average molecular weight is 535 g/mol. The molecule has 0 bridgehead atoms. The monoisotopic (exact) mass is 534 g/mol. The summed E-state index contributed by atoms with van der Waals surface area (Å²) in [7, 11) is 0. The van der Waals surface area contributed by atoms with Crippen LogP contribution in [0.25, 0.3) is 21.8 Å². The van der Waals surface area contributed by atoms with Crippen LogP contribution in [0.1, 0.15) is 28.8 Å². The fourth-order valence-corrected chi connectivity index (χ4v) is 7.03. The molecule has 36 heavy (non-hydrogen) atoms. The molecule has 2 aromatic carbocycles. The molecule has 4 N–H and O–H groups in total. The number of carbonyl (C=O) groups excluding carboxylic acids is 1. The number of ether oxygens (including phenoxy) is 1. The Morgan fingerprint density at radius 2 is 2.03 bits per heavy atom. The number of rotatable bonds is 8. The van der Waals surface area contributed by atoms with Crippen molar-refractivity contribution in [2.45, 2.75) is 29.9 Å². The van der Waals surface area contributed by atoms with E-state index in [2.05, 4.69) is 11.4 Å². The van der Waals surface area contributed by atoms with Crippen LogP contribution in [0.4, 0.5) is 5.69 Å². The van der Waals surface area contributed by atoms with Gasteiger partial charge in [0.25, 0.3) is 5.91 Å². The Morgan fingerprint density at radius 1 is 1.19 bits per heavy atom. The lowest BCUT2D eigenvalue weighted by Gasteiger charge is -2.19. The minimum Gasteiger partial charge on any atom is -0.484 e. The first-order chi connectivity index (χ1) is 17.5. The zero-order valence-corrected chi connectivity index (χ0v) is 22.2. The number of anilines is 1. The number of nitrogens with two attached hydrogens (primary N) is 1. The fraction of sp³-hybridized carbons (Fsp3) is 0.222. The van der Waals surface area contributed by atoms with Crippen LogP contribution in [0.3, 0.4) is 0 Å². The highest BCUT2D eigenvalue weighted by Gasteiger charge is 2.17. The number of nitrogen functional groups attached to an aromatic ring is 1. The molecule has 2 heterocycles. The summed E-state index contributed by atoms with van der Waals surface area (Å²) in [6.45, 7) is -0.0603. The summed E-state index contributed by atoms with van der Waals surface area (Å²) < 4.78 is 6.92. The number of hydrogen-bond donors (Lipinski definition) is 3. The topological polar surface area (TPSA) is 101 Å². The van der Waals surface area contributed by atoms with Gasteiger partial charge in [0.15, 0.2) is 6.61 Å². The first kappa shape index (κ1) is 24.5. The van der Waals surface area contributed by atoms with E-state index in [1.54, 1.807) is 23.1 Å². The average Bonchev–Trinajstić information content (AvgIpc) is 3.55. The normalized spacial score (nSPS) is 12.7.